The molecule has 0 saturated carbocycles. The fourth-order valence-electron chi connectivity index (χ4n) is 2.84. The molecule has 2 aliphatic rings. The molecule has 0 aromatic heterocycles. The molecule has 0 aliphatic carbocycles. The van der Waals surface area contributed by atoms with Gasteiger partial charge in [-0.2, -0.15) is 13.2 Å². The lowest BCUT2D eigenvalue weighted by molar-refractivity contribution is -0.982. The summed E-state index contributed by atoms with van der Waals surface area (Å²) < 4.78 is 51.6. The predicted molar refractivity (Wildman–Crippen MR) is 70.7 cm³/mol. The third kappa shape index (κ3) is 2.22. The first-order valence-corrected chi connectivity index (χ1v) is 6.95. The molecule has 1 saturated heterocycles. The maximum atomic E-state index is 13.8. The Labute approximate surface area is 125 Å². The van der Waals surface area contributed by atoms with E-state index in [1.807, 2.05) is 0 Å². The molecule has 0 unspecified atom stereocenters. The van der Waals surface area contributed by atoms with Gasteiger partial charge in [0.1, 0.15) is 13.1 Å². The quantitative estimate of drug-likeness (QED) is 0.793. The maximum absolute atomic E-state index is 13.8. The number of nitrogens with one attached hydrogen (secondary N) is 2. The number of hydrogen-bond acceptors (Lipinski definition) is 3. The number of rotatable bonds is 1. The molecule has 2 heterocycles. The van der Waals surface area contributed by atoms with E-state index in [4.69, 9.17) is 9.47 Å². The molecule has 120 valence electrons. The monoisotopic (exact) mass is 317 g/mol. The summed E-state index contributed by atoms with van der Waals surface area (Å²) >= 11 is 0. The molecule has 1 aromatic carbocycles. The lowest BCUT2D eigenvalue weighted by atomic mass is 10.1. The molecule has 1 amide bonds. The average Bonchev–Trinajstić information content (AvgIpc) is 2.46. The van der Waals surface area contributed by atoms with Crippen LogP contribution in [0.5, 0.6) is 5.75 Å². The summed E-state index contributed by atoms with van der Waals surface area (Å²) in [6, 6.07) is 4.68. The van der Waals surface area contributed by atoms with E-state index in [0.29, 0.717) is 0 Å². The topological polar surface area (TPSA) is 52.0 Å². The van der Waals surface area contributed by atoms with Crippen LogP contribution in [0.4, 0.5) is 18.9 Å². The van der Waals surface area contributed by atoms with E-state index >= 15 is 0 Å². The normalized spacial score (nSPS) is 26.1. The van der Waals surface area contributed by atoms with E-state index in [2.05, 4.69) is 5.32 Å². The van der Waals surface area contributed by atoms with Crippen molar-refractivity contribution in [3.8, 4) is 5.75 Å². The number of morpholine rings is 1. The molecule has 1 fully saturated rings. The van der Waals surface area contributed by atoms with Crippen molar-refractivity contribution < 1.29 is 32.3 Å². The van der Waals surface area contributed by atoms with Crippen LogP contribution in [0.2, 0.25) is 0 Å². The third-order valence-electron chi connectivity index (χ3n) is 3.96. The number of anilines is 1. The van der Waals surface area contributed by atoms with Gasteiger partial charge >= 0.3 is 17.8 Å². The number of alkyl halides is 3. The largest absolute Gasteiger partial charge is 0.496 e. The van der Waals surface area contributed by atoms with Crippen LogP contribution in [-0.4, -0.2) is 44.1 Å². The van der Waals surface area contributed by atoms with Crippen molar-refractivity contribution in [1.82, 2.24) is 0 Å². The summed E-state index contributed by atoms with van der Waals surface area (Å²) in [6.45, 7) is 2.20. The summed E-state index contributed by atoms with van der Waals surface area (Å²) in [6.07, 6.45) is -4.84. The van der Waals surface area contributed by atoms with Gasteiger partial charge in [-0.25, -0.2) is 0 Å². The molecule has 0 bridgehead atoms. The molecule has 8 heteroatoms. The zero-order valence-corrected chi connectivity index (χ0v) is 11.9. The lowest BCUT2D eigenvalue weighted by Gasteiger charge is -2.43. The van der Waals surface area contributed by atoms with Gasteiger partial charge in [-0.15, -0.1) is 0 Å². The third-order valence-corrected chi connectivity index (χ3v) is 3.96. The number of halogens is 3. The van der Waals surface area contributed by atoms with Crippen LogP contribution < -0.4 is 15.0 Å². The first-order chi connectivity index (χ1) is 10.3. The number of amides is 1. The summed E-state index contributed by atoms with van der Waals surface area (Å²) in [7, 11) is 0. The van der Waals surface area contributed by atoms with Crippen LogP contribution in [0.1, 0.15) is 5.56 Å². The number of ether oxygens (including phenoxy) is 2. The Hall–Kier alpha value is -1.80. The van der Waals surface area contributed by atoms with Crippen LogP contribution in [0.25, 0.3) is 0 Å². The molecule has 1 aromatic rings. The highest BCUT2D eigenvalue weighted by Crippen LogP contribution is 2.39. The van der Waals surface area contributed by atoms with Crippen LogP contribution >= 0.6 is 0 Å². The number of carbonyl (C=O) groups excluding carboxylic acids is 1. The first kappa shape index (κ1) is 15.1. The second-order valence-corrected chi connectivity index (χ2v) is 5.45. The number of quaternary nitrogens is 1. The number of benzene rings is 1. The number of carbonyl (C=O) groups is 1. The Kier molecular flexibility index (Phi) is 3.53. The van der Waals surface area contributed by atoms with E-state index in [1.165, 1.54) is 6.07 Å². The molecule has 5 nitrogen and oxygen atoms in total. The van der Waals surface area contributed by atoms with Gasteiger partial charge in [-0.3, -0.25) is 9.69 Å². The molecule has 1 atom stereocenters. The fourth-order valence-corrected chi connectivity index (χ4v) is 2.84. The minimum Gasteiger partial charge on any atom is -0.423 e. The molecule has 0 spiro atoms. The van der Waals surface area contributed by atoms with E-state index in [0.717, 1.165) is 5.56 Å². The van der Waals surface area contributed by atoms with Crippen LogP contribution in [0.3, 0.4) is 0 Å². The van der Waals surface area contributed by atoms with Crippen LogP contribution in [0, 0.1) is 6.92 Å². The number of hydrogen-bond donors (Lipinski definition) is 2. The second-order valence-electron chi connectivity index (χ2n) is 5.45. The van der Waals surface area contributed by atoms with Gasteiger partial charge in [-0.05, 0) is 24.6 Å². The Balaban J connectivity index is 2.06. The van der Waals surface area contributed by atoms with Crippen molar-refractivity contribution in [2.75, 3.05) is 31.6 Å². The van der Waals surface area contributed by atoms with Gasteiger partial charge in [0.05, 0.1) is 18.9 Å². The summed E-state index contributed by atoms with van der Waals surface area (Å²) in [4.78, 5) is 12.3. The second kappa shape index (κ2) is 5.13. The van der Waals surface area contributed by atoms with Gasteiger partial charge in [0.2, 0.25) is 0 Å². The highest BCUT2D eigenvalue weighted by atomic mass is 19.4. The molecule has 3 rings (SSSR count). The Morgan fingerprint density at radius 2 is 1.95 bits per heavy atom. The minimum atomic E-state index is -4.84. The van der Waals surface area contributed by atoms with Crippen LogP contribution in [-0.2, 0) is 9.53 Å². The van der Waals surface area contributed by atoms with E-state index in [9.17, 15) is 18.0 Å². The maximum Gasteiger partial charge on any atom is 0.496 e. The summed E-state index contributed by atoms with van der Waals surface area (Å²) in [5.41, 5.74) is -1.85. The van der Waals surface area contributed by atoms with Gasteiger partial charge < -0.3 is 14.8 Å². The fraction of sp³-hybridized carbons (Fsp3) is 0.500. The van der Waals surface area contributed by atoms with Crippen molar-refractivity contribution >= 4 is 11.6 Å². The molecule has 22 heavy (non-hydrogen) atoms. The van der Waals surface area contributed by atoms with Crippen molar-refractivity contribution in [2.24, 2.45) is 0 Å². The standard InChI is InChI=1S/C14H15F3N2O3/c1-9-2-3-11-10(8-9)18-12(20)13(22-11,14(15,16)17)19-4-6-21-7-5-19/h2-3,8H,4-7H2,1H3,(H,18,20)/p+1/t13-/m0/s1. The zero-order chi connectivity index (χ0) is 16.0. The van der Waals surface area contributed by atoms with Crippen LogP contribution in [0.15, 0.2) is 18.2 Å². The smallest absolute Gasteiger partial charge is 0.423 e. The van der Waals surface area contributed by atoms with Crippen molar-refractivity contribution in [2.45, 2.75) is 18.8 Å². The molecule has 0 radical (unpaired) electrons. The number of aryl methyl sites for hydroxylation is 1. The molecular weight excluding hydrogens is 301 g/mol. The summed E-state index contributed by atoms with van der Waals surface area (Å²) in [5, 5.41) is 2.35. The Bertz CT molecular complexity index is 599. The van der Waals surface area contributed by atoms with Gasteiger partial charge in [0.25, 0.3) is 0 Å². The van der Waals surface area contributed by atoms with Gasteiger partial charge in [0.15, 0.2) is 5.75 Å². The number of fused-ring (bicyclic) bond motifs is 1. The van der Waals surface area contributed by atoms with E-state index in [1.54, 1.807) is 19.1 Å². The van der Waals surface area contributed by atoms with Gasteiger partial charge in [-0.1, -0.05) is 6.07 Å². The Morgan fingerprint density at radius 3 is 2.59 bits per heavy atom. The lowest BCUT2D eigenvalue weighted by Crippen LogP contribution is -3.26. The highest BCUT2D eigenvalue weighted by Gasteiger charge is 2.73. The van der Waals surface area contributed by atoms with E-state index < -0.39 is 17.8 Å². The van der Waals surface area contributed by atoms with Gasteiger partial charge in [0, 0.05) is 0 Å². The molecule has 2 aliphatic heterocycles. The molecular formula is C14H16F3N2O3+. The zero-order valence-electron chi connectivity index (χ0n) is 11.9. The summed E-state index contributed by atoms with van der Waals surface area (Å²) in [5.74, 6) is -1.16. The van der Waals surface area contributed by atoms with E-state index in [-0.39, 0.29) is 42.6 Å². The SMILES string of the molecule is Cc1ccc2c(c1)NC(=O)[C@@]([NH+]1CCOCC1)(C(F)(F)F)O2. The predicted octanol–water partition coefficient (Wildman–Crippen LogP) is 0.500. The average molecular weight is 317 g/mol. The van der Waals surface area contributed by atoms with Crippen molar-refractivity contribution in [3.63, 3.8) is 0 Å². The first-order valence-electron chi connectivity index (χ1n) is 6.95. The Morgan fingerprint density at radius 1 is 1.27 bits per heavy atom. The molecule has 2 N–H and O–H groups in total. The van der Waals surface area contributed by atoms with Crippen molar-refractivity contribution in [3.05, 3.63) is 23.8 Å². The highest BCUT2D eigenvalue weighted by molar-refractivity contribution is 6.00. The van der Waals surface area contributed by atoms with Crippen molar-refractivity contribution in [1.29, 1.82) is 0 Å². The minimum absolute atomic E-state index is 0.00924.